The normalized spacial score (nSPS) is 36.5. The summed E-state index contributed by atoms with van der Waals surface area (Å²) in [6, 6.07) is 0.684. The molecule has 0 unspecified atom stereocenters. The third-order valence-corrected chi connectivity index (χ3v) is 4.09. The summed E-state index contributed by atoms with van der Waals surface area (Å²) < 4.78 is 0. The predicted molar refractivity (Wildman–Crippen MR) is 74.7 cm³/mol. The van der Waals surface area contributed by atoms with E-state index in [0.717, 1.165) is 32.4 Å². The van der Waals surface area contributed by atoms with Gasteiger partial charge in [-0.05, 0) is 53.5 Å². The molecule has 0 radical (unpaired) electrons. The van der Waals surface area contributed by atoms with Crippen LogP contribution in [0.4, 0.5) is 0 Å². The highest BCUT2D eigenvalue weighted by Gasteiger charge is 2.39. The van der Waals surface area contributed by atoms with Crippen LogP contribution in [0.1, 0.15) is 47.0 Å². The van der Waals surface area contributed by atoms with Crippen molar-refractivity contribution in [2.45, 2.75) is 76.2 Å². The van der Waals surface area contributed by atoms with Gasteiger partial charge < -0.3 is 21.1 Å². The van der Waals surface area contributed by atoms with Crippen molar-refractivity contribution < 1.29 is 5.11 Å². The highest BCUT2D eigenvalue weighted by molar-refractivity contribution is 5.01. The zero-order chi connectivity index (χ0) is 13.4. The molecule has 2 fully saturated rings. The lowest BCUT2D eigenvalue weighted by Gasteiger charge is -2.48. The SMILES string of the molecule is CC1(C)CC(N[C@H]2CNCC[C@H]2O)CC(C)(C)N1. The molecule has 0 amide bonds. The molecule has 2 aliphatic rings. The second kappa shape index (κ2) is 5.08. The first kappa shape index (κ1) is 14.3. The van der Waals surface area contributed by atoms with Gasteiger partial charge in [-0.25, -0.2) is 0 Å². The molecule has 0 aliphatic carbocycles. The van der Waals surface area contributed by atoms with Gasteiger partial charge in [-0.1, -0.05) is 0 Å². The summed E-state index contributed by atoms with van der Waals surface area (Å²) in [6.07, 6.45) is 2.88. The van der Waals surface area contributed by atoms with Crippen molar-refractivity contribution in [3.05, 3.63) is 0 Å². The summed E-state index contributed by atoms with van der Waals surface area (Å²) in [7, 11) is 0. The van der Waals surface area contributed by atoms with Gasteiger partial charge in [0, 0.05) is 29.7 Å². The zero-order valence-corrected chi connectivity index (χ0v) is 12.2. The quantitative estimate of drug-likeness (QED) is 0.584. The van der Waals surface area contributed by atoms with Crippen LogP contribution in [0.15, 0.2) is 0 Å². The van der Waals surface area contributed by atoms with Crippen LogP contribution in [0.5, 0.6) is 0 Å². The number of rotatable bonds is 2. The average Bonchev–Trinajstić information content (AvgIpc) is 2.16. The number of aliphatic hydroxyl groups excluding tert-OH is 1. The van der Waals surface area contributed by atoms with Crippen LogP contribution in [-0.4, -0.2) is 47.5 Å². The Morgan fingerprint density at radius 3 is 2.28 bits per heavy atom. The number of nitrogens with one attached hydrogen (secondary N) is 3. The summed E-state index contributed by atoms with van der Waals surface area (Å²) in [6.45, 7) is 10.9. The molecule has 4 heteroatoms. The van der Waals surface area contributed by atoms with E-state index in [9.17, 15) is 5.11 Å². The molecule has 4 N–H and O–H groups in total. The predicted octanol–water partition coefficient (Wildman–Crippen LogP) is 0.608. The van der Waals surface area contributed by atoms with Crippen molar-refractivity contribution in [2.24, 2.45) is 0 Å². The summed E-state index contributed by atoms with van der Waals surface area (Å²) in [5.41, 5.74) is 0.318. The Morgan fingerprint density at radius 2 is 1.72 bits per heavy atom. The van der Waals surface area contributed by atoms with E-state index in [2.05, 4.69) is 43.6 Å². The van der Waals surface area contributed by atoms with Gasteiger partial charge in [-0.15, -0.1) is 0 Å². The number of hydrogen-bond acceptors (Lipinski definition) is 4. The fourth-order valence-corrected chi connectivity index (χ4v) is 3.76. The molecular formula is C14H29N3O. The van der Waals surface area contributed by atoms with Crippen molar-refractivity contribution in [2.75, 3.05) is 13.1 Å². The van der Waals surface area contributed by atoms with Crippen molar-refractivity contribution in [1.82, 2.24) is 16.0 Å². The molecule has 0 aromatic rings. The fourth-order valence-electron chi connectivity index (χ4n) is 3.76. The molecule has 2 atom stereocenters. The van der Waals surface area contributed by atoms with E-state index in [0.29, 0.717) is 6.04 Å². The maximum absolute atomic E-state index is 10.0. The second-order valence-electron chi connectivity index (χ2n) is 7.33. The van der Waals surface area contributed by atoms with Crippen LogP contribution in [0.3, 0.4) is 0 Å². The third kappa shape index (κ3) is 3.67. The van der Waals surface area contributed by atoms with E-state index in [1.54, 1.807) is 0 Å². The van der Waals surface area contributed by atoms with Gasteiger partial charge in [0.25, 0.3) is 0 Å². The van der Waals surface area contributed by atoms with E-state index < -0.39 is 0 Å². The first-order valence-corrected chi connectivity index (χ1v) is 7.22. The Morgan fingerprint density at radius 1 is 1.11 bits per heavy atom. The number of piperidine rings is 2. The van der Waals surface area contributed by atoms with E-state index in [1.807, 2.05) is 0 Å². The molecule has 0 bridgehead atoms. The van der Waals surface area contributed by atoms with Crippen LogP contribution in [0.2, 0.25) is 0 Å². The van der Waals surface area contributed by atoms with Crippen LogP contribution >= 0.6 is 0 Å². The summed E-state index contributed by atoms with van der Waals surface area (Å²) >= 11 is 0. The van der Waals surface area contributed by atoms with Gasteiger partial charge in [0.1, 0.15) is 0 Å². The lowest BCUT2D eigenvalue weighted by atomic mass is 9.79. The standard InChI is InChI=1S/C14H29N3O/c1-13(2)7-10(8-14(3,4)17-13)16-11-9-15-6-5-12(11)18/h10-12,15-18H,5-9H2,1-4H3/t11-,12+/m0/s1. The number of hydrogen-bond donors (Lipinski definition) is 4. The zero-order valence-electron chi connectivity index (χ0n) is 12.2. The molecule has 0 saturated carbocycles. The maximum atomic E-state index is 10.0. The first-order valence-electron chi connectivity index (χ1n) is 7.22. The van der Waals surface area contributed by atoms with Gasteiger partial charge in [0.05, 0.1) is 6.10 Å². The molecule has 2 aliphatic heterocycles. The summed E-state index contributed by atoms with van der Waals surface area (Å²) in [4.78, 5) is 0. The van der Waals surface area contributed by atoms with Gasteiger partial charge in [0.2, 0.25) is 0 Å². The Kier molecular flexibility index (Phi) is 4.02. The lowest BCUT2D eigenvalue weighted by molar-refractivity contribution is 0.0726. The van der Waals surface area contributed by atoms with Crippen molar-refractivity contribution in [3.8, 4) is 0 Å². The maximum Gasteiger partial charge on any atom is 0.0717 e. The van der Waals surface area contributed by atoms with Crippen LogP contribution < -0.4 is 16.0 Å². The van der Waals surface area contributed by atoms with Gasteiger partial charge in [0.15, 0.2) is 0 Å². The largest absolute Gasteiger partial charge is 0.391 e. The Bertz CT molecular complexity index is 275. The van der Waals surface area contributed by atoms with Crippen molar-refractivity contribution >= 4 is 0 Å². The third-order valence-electron chi connectivity index (χ3n) is 4.09. The summed E-state index contributed by atoms with van der Waals surface area (Å²) in [5, 5.41) is 20.8. The minimum Gasteiger partial charge on any atom is -0.391 e. The molecule has 106 valence electrons. The van der Waals surface area contributed by atoms with E-state index in [4.69, 9.17) is 0 Å². The molecule has 18 heavy (non-hydrogen) atoms. The fraction of sp³-hybridized carbons (Fsp3) is 1.00. The van der Waals surface area contributed by atoms with Gasteiger partial charge in [-0.2, -0.15) is 0 Å². The van der Waals surface area contributed by atoms with Crippen LogP contribution in [0.25, 0.3) is 0 Å². The minimum absolute atomic E-state index is 0.159. The van der Waals surface area contributed by atoms with Gasteiger partial charge >= 0.3 is 0 Å². The summed E-state index contributed by atoms with van der Waals surface area (Å²) in [5.74, 6) is 0. The Labute approximate surface area is 111 Å². The molecule has 0 aromatic heterocycles. The lowest BCUT2D eigenvalue weighted by Crippen LogP contribution is -2.64. The highest BCUT2D eigenvalue weighted by atomic mass is 16.3. The van der Waals surface area contributed by atoms with E-state index >= 15 is 0 Å². The molecule has 0 spiro atoms. The van der Waals surface area contributed by atoms with E-state index in [-0.39, 0.29) is 23.2 Å². The number of aliphatic hydroxyl groups is 1. The van der Waals surface area contributed by atoms with Crippen molar-refractivity contribution in [1.29, 1.82) is 0 Å². The highest BCUT2D eigenvalue weighted by Crippen LogP contribution is 2.29. The molecular weight excluding hydrogens is 226 g/mol. The minimum atomic E-state index is -0.202. The Hall–Kier alpha value is -0.160. The molecule has 2 heterocycles. The van der Waals surface area contributed by atoms with Crippen molar-refractivity contribution in [3.63, 3.8) is 0 Å². The topological polar surface area (TPSA) is 56.3 Å². The first-order chi connectivity index (χ1) is 8.27. The molecule has 0 aromatic carbocycles. The molecule has 2 saturated heterocycles. The average molecular weight is 255 g/mol. The monoisotopic (exact) mass is 255 g/mol. The molecule has 4 nitrogen and oxygen atoms in total. The second-order valence-corrected chi connectivity index (χ2v) is 7.33. The Balaban J connectivity index is 1.95. The van der Waals surface area contributed by atoms with Crippen LogP contribution in [0, 0.1) is 0 Å². The van der Waals surface area contributed by atoms with E-state index in [1.165, 1.54) is 0 Å². The van der Waals surface area contributed by atoms with Crippen LogP contribution in [-0.2, 0) is 0 Å². The molecule has 2 rings (SSSR count). The smallest absolute Gasteiger partial charge is 0.0717 e. The van der Waals surface area contributed by atoms with Gasteiger partial charge in [-0.3, -0.25) is 0 Å².